The van der Waals surface area contributed by atoms with Gasteiger partial charge in [-0.3, -0.25) is 14.9 Å². The van der Waals surface area contributed by atoms with Crippen LogP contribution >= 0.6 is 0 Å². The molecule has 0 spiro atoms. The number of fused-ring (bicyclic) bond motifs is 1. The van der Waals surface area contributed by atoms with Gasteiger partial charge in [0.2, 0.25) is 0 Å². The van der Waals surface area contributed by atoms with E-state index >= 15 is 0 Å². The van der Waals surface area contributed by atoms with Gasteiger partial charge in [-0.2, -0.15) is 0 Å². The van der Waals surface area contributed by atoms with Crippen LogP contribution in [-0.4, -0.2) is 30.0 Å². The van der Waals surface area contributed by atoms with Gasteiger partial charge in [-0.1, -0.05) is 0 Å². The Kier molecular flexibility index (Phi) is 4.19. The summed E-state index contributed by atoms with van der Waals surface area (Å²) >= 11 is 0. The molecule has 1 aliphatic rings. The predicted octanol–water partition coefficient (Wildman–Crippen LogP) is 1.45. The Labute approximate surface area is 116 Å². The molecule has 0 aromatic heterocycles. The average Bonchev–Trinajstić information content (AvgIpc) is 2.42. The van der Waals surface area contributed by atoms with Crippen LogP contribution in [0.4, 0.5) is 11.4 Å². The quantitative estimate of drug-likeness (QED) is 0.499. The molecule has 20 heavy (non-hydrogen) atoms. The summed E-state index contributed by atoms with van der Waals surface area (Å²) in [5.41, 5.74) is 5.85. The van der Waals surface area contributed by atoms with Crippen LogP contribution in [0, 0.1) is 10.1 Å². The Morgan fingerprint density at radius 1 is 1.45 bits per heavy atom. The van der Waals surface area contributed by atoms with E-state index in [1.807, 2.05) is 0 Å². The predicted molar refractivity (Wildman–Crippen MR) is 73.8 cm³/mol. The monoisotopic (exact) mass is 279 g/mol. The third-order valence-electron chi connectivity index (χ3n) is 3.20. The summed E-state index contributed by atoms with van der Waals surface area (Å²) in [6.07, 6.45) is 0.960. The highest BCUT2D eigenvalue weighted by Gasteiger charge is 2.32. The van der Waals surface area contributed by atoms with Crippen LogP contribution in [0.3, 0.4) is 0 Å². The van der Waals surface area contributed by atoms with Gasteiger partial charge in [-0.25, -0.2) is 0 Å². The summed E-state index contributed by atoms with van der Waals surface area (Å²) in [6, 6.07) is 4.29. The number of rotatable bonds is 5. The molecule has 1 heterocycles. The molecule has 108 valence electrons. The zero-order chi connectivity index (χ0) is 14.7. The maximum Gasteiger partial charge on any atom is 0.271 e. The highest BCUT2D eigenvalue weighted by molar-refractivity contribution is 6.00. The first-order valence-electron chi connectivity index (χ1n) is 6.51. The van der Waals surface area contributed by atoms with Crippen molar-refractivity contribution in [1.29, 1.82) is 0 Å². The van der Waals surface area contributed by atoms with Gasteiger partial charge >= 0.3 is 0 Å². The summed E-state index contributed by atoms with van der Waals surface area (Å²) in [7, 11) is 0. The molecule has 2 N–H and O–H groups in total. The van der Waals surface area contributed by atoms with E-state index in [2.05, 4.69) is 0 Å². The minimum absolute atomic E-state index is 0.0569. The summed E-state index contributed by atoms with van der Waals surface area (Å²) in [4.78, 5) is 24.1. The largest absolute Gasteiger partial charge is 0.479 e. The molecule has 0 fully saturated rings. The average molecular weight is 279 g/mol. The summed E-state index contributed by atoms with van der Waals surface area (Å²) in [5, 5.41) is 10.8. The Balaban J connectivity index is 2.33. The molecule has 2 rings (SSSR count). The van der Waals surface area contributed by atoms with Gasteiger partial charge in [-0.15, -0.1) is 0 Å². The third-order valence-corrected chi connectivity index (χ3v) is 3.20. The number of anilines is 1. The van der Waals surface area contributed by atoms with Crippen LogP contribution in [-0.2, 0) is 4.79 Å². The van der Waals surface area contributed by atoms with Crippen molar-refractivity contribution >= 4 is 17.3 Å². The van der Waals surface area contributed by atoms with Crippen molar-refractivity contribution in [2.24, 2.45) is 5.73 Å². The molecular weight excluding hydrogens is 262 g/mol. The van der Waals surface area contributed by atoms with Gasteiger partial charge in [0.15, 0.2) is 6.10 Å². The molecule has 7 heteroatoms. The first kappa shape index (κ1) is 14.3. The molecule has 0 bridgehead atoms. The fourth-order valence-electron chi connectivity index (χ4n) is 2.15. The van der Waals surface area contributed by atoms with Crippen LogP contribution in [0.1, 0.15) is 19.8 Å². The zero-order valence-electron chi connectivity index (χ0n) is 11.2. The smallest absolute Gasteiger partial charge is 0.271 e. The van der Waals surface area contributed by atoms with Crippen LogP contribution in [0.25, 0.3) is 0 Å². The standard InChI is InChI=1S/C13H17N3O4/c1-9-13(17)15(7-3-2-6-14)11-8-10(16(18)19)4-5-12(11)20-9/h4-5,8-9H,2-3,6-7,14H2,1H3. The maximum absolute atomic E-state index is 12.2. The van der Waals surface area contributed by atoms with Gasteiger partial charge in [-0.05, 0) is 32.4 Å². The molecule has 1 aromatic carbocycles. The third kappa shape index (κ3) is 2.72. The number of nitrogens with zero attached hydrogens (tertiary/aromatic N) is 2. The molecule has 1 atom stereocenters. The molecule has 0 saturated carbocycles. The van der Waals surface area contributed by atoms with Crippen LogP contribution < -0.4 is 15.4 Å². The number of nitro groups is 1. The molecule has 0 radical (unpaired) electrons. The normalized spacial score (nSPS) is 17.6. The lowest BCUT2D eigenvalue weighted by molar-refractivity contribution is -0.384. The molecule has 1 unspecified atom stereocenters. The Hall–Kier alpha value is -2.15. The number of hydrogen-bond acceptors (Lipinski definition) is 5. The Bertz CT molecular complexity index is 532. The van der Waals surface area contributed by atoms with E-state index in [0.29, 0.717) is 24.5 Å². The fourth-order valence-corrected chi connectivity index (χ4v) is 2.15. The second-order valence-electron chi connectivity index (χ2n) is 4.65. The molecular formula is C13H17N3O4. The molecule has 0 aliphatic carbocycles. The fraction of sp³-hybridized carbons (Fsp3) is 0.462. The zero-order valence-corrected chi connectivity index (χ0v) is 11.2. The summed E-state index contributed by atoms with van der Waals surface area (Å²) in [5.74, 6) is 0.311. The van der Waals surface area contributed by atoms with Crippen molar-refractivity contribution in [1.82, 2.24) is 0 Å². The Morgan fingerprint density at radius 2 is 2.20 bits per heavy atom. The molecule has 1 amide bonds. The van der Waals surface area contributed by atoms with E-state index in [1.165, 1.54) is 18.2 Å². The number of benzene rings is 1. The minimum Gasteiger partial charge on any atom is -0.479 e. The highest BCUT2D eigenvalue weighted by atomic mass is 16.6. The number of nitrogens with two attached hydrogens (primary N) is 1. The molecule has 0 saturated heterocycles. The van der Waals surface area contributed by atoms with Crippen molar-refractivity contribution in [3.05, 3.63) is 28.3 Å². The second-order valence-corrected chi connectivity index (χ2v) is 4.65. The van der Waals surface area contributed by atoms with Crippen molar-refractivity contribution < 1.29 is 14.5 Å². The van der Waals surface area contributed by atoms with E-state index in [1.54, 1.807) is 11.8 Å². The number of non-ortho nitro benzene ring substituents is 1. The van der Waals surface area contributed by atoms with E-state index in [-0.39, 0.29) is 11.6 Å². The lowest BCUT2D eigenvalue weighted by atomic mass is 10.1. The summed E-state index contributed by atoms with van der Waals surface area (Å²) in [6.45, 7) is 2.70. The first-order chi connectivity index (χ1) is 9.54. The topological polar surface area (TPSA) is 98.7 Å². The van der Waals surface area contributed by atoms with Crippen LogP contribution in [0.5, 0.6) is 5.75 Å². The van der Waals surface area contributed by atoms with Crippen molar-refractivity contribution in [2.45, 2.75) is 25.9 Å². The van der Waals surface area contributed by atoms with E-state index in [4.69, 9.17) is 10.5 Å². The number of hydrogen-bond donors (Lipinski definition) is 1. The SMILES string of the molecule is CC1Oc2ccc([N+](=O)[O-])cc2N(CCCCN)C1=O. The van der Waals surface area contributed by atoms with Crippen molar-refractivity contribution in [3.8, 4) is 5.75 Å². The first-order valence-corrected chi connectivity index (χ1v) is 6.51. The van der Waals surface area contributed by atoms with Crippen molar-refractivity contribution in [3.63, 3.8) is 0 Å². The number of carbonyl (C=O) groups is 1. The van der Waals surface area contributed by atoms with Gasteiger partial charge in [0.25, 0.3) is 11.6 Å². The molecule has 7 nitrogen and oxygen atoms in total. The number of nitro benzene ring substituents is 1. The number of amides is 1. The summed E-state index contributed by atoms with van der Waals surface area (Å²) < 4.78 is 5.48. The Morgan fingerprint density at radius 3 is 2.85 bits per heavy atom. The minimum atomic E-state index is -0.582. The van der Waals surface area contributed by atoms with Crippen LogP contribution in [0.15, 0.2) is 18.2 Å². The van der Waals surface area contributed by atoms with Gasteiger partial charge in [0.05, 0.1) is 10.6 Å². The highest BCUT2D eigenvalue weighted by Crippen LogP contribution is 2.36. The van der Waals surface area contributed by atoms with Crippen molar-refractivity contribution in [2.75, 3.05) is 18.0 Å². The lowest BCUT2D eigenvalue weighted by Gasteiger charge is -2.32. The lowest BCUT2D eigenvalue weighted by Crippen LogP contribution is -2.45. The number of ether oxygens (including phenoxy) is 1. The molecule has 1 aromatic rings. The van der Waals surface area contributed by atoms with Crippen LogP contribution in [0.2, 0.25) is 0 Å². The number of carbonyl (C=O) groups excluding carboxylic acids is 1. The van der Waals surface area contributed by atoms with Gasteiger partial charge < -0.3 is 15.4 Å². The van der Waals surface area contributed by atoms with E-state index in [0.717, 1.165) is 12.8 Å². The second kappa shape index (κ2) is 5.87. The maximum atomic E-state index is 12.2. The van der Waals surface area contributed by atoms with E-state index in [9.17, 15) is 14.9 Å². The number of unbranched alkanes of at least 4 members (excludes halogenated alkanes) is 1. The van der Waals surface area contributed by atoms with Gasteiger partial charge in [0, 0.05) is 18.7 Å². The van der Waals surface area contributed by atoms with E-state index < -0.39 is 11.0 Å². The molecule has 1 aliphatic heterocycles. The van der Waals surface area contributed by atoms with Gasteiger partial charge in [0.1, 0.15) is 5.75 Å².